The number of nitrogens with zero attached hydrogens (tertiary/aromatic N) is 1. The van der Waals surface area contributed by atoms with Crippen molar-refractivity contribution in [3.8, 4) is 5.75 Å². The molecule has 114 valence electrons. The van der Waals surface area contributed by atoms with Crippen molar-refractivity contribution >= 4 is 23.4 Å². The Labute approximate surface area is 133 Å². The summed E-state index contributed by atoms with van der Waals surface area (Å²) in [6.45, 7) is 1.64. The number of carbonyl (C=O) groups is 1. The molecule has 4 nitrogen and oxygen atoms in total. The smallest absolute Gasteiger partial charge is 0.335 e. The Balaban J connectivity index is 1.90. The lowest BCUT2D eigenvalue weighted by atomic mass is 10.1. The predicted octanol–water partition coefficient (Wildman–Crippen LogP) is 3.51. The summed E-state index contributed by atoms with van der Waals surface area (Å²) < 4.78 is 5.26. The molecule has 0 unspecified atom stereocenters. The standard InChI is InChI=1S/C17H17NO3S/c1-21-14-4-2-3-12(9-14)11-18-7-8-22-16-6-5-13(17(19)20)10-15(16)18/h2-6,9-10H,7-8,11H2,1H3,(H,19,20). The number of anilines is 1. The first-order chi connectivity index (χ1) is 10.7. The average molecular weight is 315 g/mol. The monoisotopic (exact) mass is 315 g/mol. The molecule has 0 saturated carbocycles. The quantitative estimate of drug-likeness (QED) is 0.935. The first-order valence-electron chi connectivity index (χ1n) is 7.05. The lowest BCUT2D eigenvalue weighted by molar-refractivity contribution is 0.0697. The number of fused-ring (bicyclic) bond motifs is 1. The zero-order valence-corrected chi connectivity index (χ0v) is 13.1. The average Bonchev–Trinajstić information content (AvgIpc) is 2.55. The van der Waals surface area contributed by atoms with Crippen molar-refractivity contribution in [2.45, 2.75) is 11.4 Å². The fourth-order valence-corrected chi connectivity index (χ4v) is 3.59. The number of thioether (sulfide) groups is 1. The summed E-state index contributed by atoms with van der Waals surface area (Å²) in [6.07, 6.45) is 0. The van der Waals surface area contributed by atoms with Crippen LogP contribution >= 0.6 is 11.8 Å². The maximum absolute atomic E-state index is 11.2. The van der Waals surface area contributed by atoms with Gasteiger partial charge in [0.05, 0.1) is 18.4 Å². The van der Waals surface area contributed by atoms with Crippen LogP contribution in [0.3, 0.4) is 0 Å². The number of hydrogen-bond donors (Lipinski definition) is 1. The molecule has 5 heteroatoms. The first-order valence-corrected chi connectivity index (χ1v) is 8.04. The fourth-order valence-electron chi connectivity index (χ4n) is 2.56. The Morgan fingerprint density at radius 1 is 1.32 bits per heavy atom. The van der Waals surface area contributed by atoms with Gasteiger partial charge in [0.2, 0.25) is 0 Å². The van der Waals surface area contributed by atoms with Crippen LogP contribution in [0.25, 0.3) is 0 Å². The van der Waals surface area contributed by atoms with Gasteiger partial charge in [0, 0.05) is 23.7 Å². The van der Waals surface area contributed by atoms with Gasteiger partial charge in [-0.15, -0.1) is 11.8 Å². The van der Waals surface area contributed by atoms with E-state index < -0.39 is 5.97 Å². The number of methoxy groups -OCH3 is 1. The van der Waals surface area contributed by atoms with Crippen molar-refractivity contribution in [1.29, 1.82) is 0 Å². The van der Waals surface area contributed by atoms with E-state index >= 15 is 0 Å². The van der Waals surface area contributed by atoms with Crippen LogP contribution in [0.4, 0.5) is 5.69 Å². The highest BCUT2D eigenvalue weighted by atomic mass is 32.2. The highest BCUT2D eigenvalue weighted by Crippen LogP contribution is 2.36. The Morgan fingerprint density at radius 3 is 2.95 bits per heavy atom. The molecule has 22 heavy (non-hydrogen) atoms. The molecule has 0 radical (unpaired) electrons. The molecule has 0 spiro atoms. The molecular formula is C17H17NO3S. The fraction of sp³-hybridized carbons (Fsp3) is 0.235. The van der Waals surface area contributed by atoms with E-state index in [1.165, 1.54) is 0 Å². The second kappa shape index (κ2) is 6.32. The first kappa shape index (κ1) is 14.8. The molecule has 3 rings (SSSR count). The summed E-state index contributed by atoms with van der Waals surface area (Å²) in [6, 6.07) is 13.3. The van der Waals surface area contributed by atoms with Gasteiger partial charge >= 0.3 is 5.97 Å². The SMILES string of the molecule is COc1cccc(CN2CCSc3ccc(C(=O)O)cc32)c1. The highest BCUT2D eigenvalue weighted by Gasteiger charge is 2.19. The van der Waals surface area contributed by atoms with Crippen LogP contribution in [0.5, 0.6) is 5.75 Å². The number of carboxylic acid groups (broad SMARTS) is 1. The zero-order chi connectivity index (χ0) is 15.5. The van der Waals surface area contributed by atoms with Crippen molar-refractivity contribution < 1.29 is 14.6 Å². The van der Waals surface area contributed by atoms with Crippen molar-refractivity contribution in [3.63, 3.8) is 0 Å². The molecule has 0 atom stereocenters. The number of carboxylic acids is 1. The zero-order valence-electron chi connectivity index (χ0n) is 12.3. The van der Waals surface area contributed by atoms with Crippen LogP contribution in [0.1, 0.15) is 15.9 Å². The van der Waals surface area contributed by atoms with Gasteiger partial charge in [-0.3, -0.25) is 0 Å². The van der Waals surface area contributed by atoms with Gasteiger partial charge in [-0.2, -0.15) is 0 Å². The van der Waals surface area contributed by atoms with Crippen LogP contribution in [-0.2, 0) is 6.54 Å². The van der Waals surface area contributed by atoms with Crippen molar-refractivity contribution in [3.05, 3.63) is 53.6 Å². The van der Waals surface area contributed by atoms with Crippen molar-refractivity contribution in [2.24, 2.45) is 0 Å². The Kier molecular flexibility index (Phi) is 4.24. The third-order valence-corrected chi connectivity index (χ3v) is 4.72. The Hall–Kier alpha value is -2.14. The van der Waals surface area contributed by atoms with E-state index in [0.29, 0.717) is 5.56 Å². The molecule has 0 amide bonds. The summed E-state index contributed by atoms with van der Waals surface area (Å²) in [5, 5.41) is 9.19. The van der Waals surface area contributed by atoms with E-state index in [0.717, 1.165) is 40.7 Å². The number of benzene rings is 2. The molecular weight excluding hydrogens is 298 g/mol. The number of aromatic carboxylic acids is 1. The number of rotatable bonds is 4. The van der Waals surface area contributed by atoms with Gasteiger partial charge in [-0.25, -0.2) is 4.79 Å². The third-order valence-electron chi connectivity index (χ3n) is 3.67. The molecule has 1 heterocycles. The largest absolute Gasteiger partial charge is 0.497 e. The summed E-state index contributed by atoms with van der Waals surface area (Å²) in [5.74, 6) is 0.951. The second-order valence-corrected chi connectivity index (χ2v) is 6.25. The van der Waals surface area contributed by atoms with E-state index in [2.05, 4.69) is 11.0 Å². The van der Waals surface area contributed by atoms with E-state index in [-0.39, 0.29) is 0 Å². The van der Waals surface area contributed by atoms with E-state index in [1.54, 1.807) is 31.0 Å². The topological polar surface area (TPSA) is 49.8 Å². The van der Waals surface area contributed by atoms with Crippen molar-refractivity contribution in [2.75, 3.05) is 24.3 Å². The minimum atomic E-state index is -0.889. The summed E-state index contributed by atoms with van der Waals surface area (Å²) in [5.41, 5.74) is 2.48. The van der Waals surface area contributed by atoms with Crippen LogP contribution in [0, 0.1) is 0 Å². The molecule has 2 aromatic carbocycles. The second-order valence-electron chi connectivity index (χ2n) is 5.11. The van der Waals surface area contributed by atoms with Gasteiger partial charge in [-0.1, -0.05) is 12.1 Å². The Morgan fingerprint density at radius 2 is 2.18 bits per heavy atom. The van der Waals surface area contributed by atoms with Gasteiger partial charge in [-0.05, 0) is 35.9 Å². The molecule has 0 bridgehead atoms. The van der Waals surface area contributed by atoms with Gasteiger partial charge < -0.3 is 14.7 Å². The molecule has 0 aromatic heterocycles. The number of hydrogen-bond acceptors (Lipinski definition) is 4. The summed E-state index contributed by atoms with van der Waals surface area (Å²) in [7, 11) is 1.66. The minimum Gasteiger partial charge on any atom is -0.497 e. The Bertz CT molecular complexity index is 702. The van der Waals surface area contributed by atoms with E-state index in [4.69, 9.17) is 4.74 Å². The molecule has 0 fully saturated rings. The minimum absolute atomic E-state index is 0.330. The summed E-state index contributed by atoms with van der Waals surface area (Å²) in [4.78, 5) is 14.6. The van der Waals surface area contributed by atoms with Gasteiger partial charge in [0.25, 0.3) is 0 Å². The maximum Gasteiger partial charge on any atom is 0.335 e. The van der Waals surface area contributed by atoms with Crippen LogP contribution in [-0.4, -0.2) is 30.5 Å². The molecule has 0 aliphatic carbocycles. The highest BCUT2D eigenvalue weighted by molar-refractivity contribution is 7.99. The van der Waals surface area contributed by atoms with Crippen LogP contribution < -0.4 is 9.64 Å². The molecule has 2 aromatic rings. The van der Waals surface area contributed by atoms with Crippen LogP contribution in [0.2, 0.25) is 0 Å². The molecule has 1 aliphatic heterocycles. The van der Waals surface area contributed by atoms with Crippen LogP contribution in [0.15, 0.2) is 47.4 Å². The lowest BCUT2D eigenvalue weighted by Crippen LogP contribution is -2.28. The lowest BCUT2D eigenvalue weighted by Gasteiger charge is -2.31. The van der Waals surface area contributed by atoms with Gasteiger partial charge in [0.15, 0.2) is 0 Å². The third kappa shape index (κ3) is 3.04. The van der Waals surface area contributed by atoms with E-state index in [1.807, 2.05) is 24.3 Å². The molecule has 1 N–H and O–H groups in total. The normalized spacial score (nSPS) is 13.6. The predicted molar refractivity (Wildman–Crippen MR) is 88.2 cm³/mol. The molecule has 1 aliphatic rings. The van der Waals surface area contributed by atoms with Crippen molar-refractivity contribution in [1.82, 2.24) is 0 Å². The maximum atomic E-state index is 11.2. The van der Waals surface area contributed by atoms with E-state index in [9.17, 15) is 9.90 Å². The number of ether oxygens (including phenoxy) is 1. The summed E-state index contributed by atoms with van der Waals surface area (Å²) >= 11 is 1.77. The molecule has 0 saturated heterocycles. The van der Waals surface area contributed by atoms with Gasteiger partial charge in [0.1, 0.15) is 5.75 Å².